The van der Waals surface area contributed by atoms with Gasteiger partial charge in [-0.15, -0.1) is 0 Å². The molecule has 0 aliphatic carbocycles. The van der Waals surface area contributed by atoms with Gasteiger partial charge in [0.2, 0.25) is 0 Å². The third kappa shape index (κ3) is 3.55. The minimum Gasteiger partial charge on any atom is -0.506 e. The van der Waals surface area contributed by atoms with Gasteiger partial charge < -0.3 is 10.4 Å². The van der Waals surface area contributed by atoms with Gasteiger partial charge in [0.15, 0.2) is 5.11 Å². The summed E-state index contributed by atoms with van der Waals surface area (Å²) in [6, 6.07) is 11.9. The first-order valence-corrected chi connectivity index (χ1v) is 6.53. The van der Waals surface area contributed by atoms with Crippen molar-refractivity contribution in [1.29, 1.82) is 0 Å². The quantitative estimate of drug-likeness (QED) is 0.347. The Labute approximate surface area is 130 Å². The van der Waals surface area contributed by atoms with Crippen LogP contribution in [0, 0.1) is 10.1 Å². The van der Waals surface area contributed by atoms with Crippen molar-refractivity contribution in [3.8, 4) is 5.75 Å². The number of nitrogens with one attached hydrogen (secondary N) is 2. The van der Waals surface area contributed by atoms with Gasteiger partial charge in [0.1, 0.15) is 11.3 Å². The standard InChI is InChI=1S/C14H11N3O4S/c18-12-8-4-2-6-10(12)15-14(22)16-13(19)9-5-1-3-7-11(9)17(20)21/h1-8,18H,(H2,15,16,19,22). The van der Waals surface area contributed by atoms with Gasteiger partial charge in [-0.25, -0.2) is 0 Å². The number of nitro benzene ring substituents is 1. The Morgan fingerprint density at radius 1 is 1.14 bits per heavy atom. The lowest BCUT2D eigenvalue weighted by molar-refractivity contribution is -0.385. The molecule has 7 nitrogen and oxygen atoms in total. The maximum Gasteiger partial charge on any atom is 0.282 e. The molecule has 0 aliphatic heterocycles. The molecule has 3 N–H and O–H groups in total. The largest absolute Gasteiger partial charge is 0.506 e. The summed E-state index contributed by atoms with van der Waals surface area (Å²) in [5.41, 5.74) is -0.102. The lowest BCUT2D eigenvalue weighted by Gasteiger charge is -2.10. The summed E-state index contributed by atoms with van der Waals surface area (Å²) in [5.74, 6) is -0.745. The van der Waals surface area contributed by atoms with Crippen molar-refractivity contribution in [2.45, 2.75) is 0 Å². The molecule has 2 rings (SSSR count). The minimum absolute atomic E-state index is 0.0372. The second-order valence-corrected chi connectivity index (χ2v) is 4.61. The molecule has 0 fully saturated rings. The average molecular weight is 317 g/mol. The van der Waals surface area contributed by atoms with Gasteiger partial charge in [0, 0.05) is 6.07 Å². The molecule has 0 aromatic heterocycles. The van der Waals surface area contributed by atoms with Crippen LogP contribution in [0.5, 0.6) is 5.75 Å². The maximum absolute atomic E-state index is 12.0. The van der Waals surface area contributed by atoms with Crippen LogP contribution in [-0.2, 0) is 0 Å². The predicted octanol–water partition coefficient (Wildman–Crippen LogP) is 2.43. The van der Waals surface area contributed by atoms with E-state index >= 15 is 0 Å². The van der Waals surface area contributed by atoms with Crippen LogP contribution in [-0.4, -0.2) is 21.0 Å². The number of hydrogen-bond acceptors (Lipinski definition) is 5. The van der Waals surface area contributed by atoms with Crippen molar-refractivity contribution in [2.24, 2.45) is 0 Å². The fourth-order valence-electron chi connectivity index (χ4n) is 1.73. The zero-order valence-corrected chi connectivity index (χ0v) is 12.0. The Bertz CT molecular complexity index is 748. The fraction of sp³-hybridized carbons (Fsp3) is 0. The summed E-state index contributed by atoms with van der Waals surface area (Å²) in [6.45, 7) is 0. The monoisotopic (exact) mass is 317 g/mol. The highest BCUT2D eigenvalue weighted by molar-refractivity contribution is 7.80. The number of hydrogen-bond donors (Lipinski definition) is 3. The zero-order chi connectivity index (χ0) is 16.1. The molecule has 0 radical (unpaired) electrons. The van der Waals surface area contributed by atoms with Gasteiger partial charge in [-0.1, -0.05) is 24.3 Å². The summed E-state index contributed by atoms with van der Waals surface area (Å²) in [7, 11) is 0. The Hall–Kier alpha value is -3.00. The van der Waals surface area contributed by atoms with Crippen LogP contribution in [0.2, 0.25) is 0 Å². The normalized spacial score (nSPS) is 9.82. The molecule has 0 unspecified atom stereocenters. The van der Waals surface area contributed by atoms with E-state index in [2.05, 4.69) is 10.6 Å². The third-order valence-electron chi connectivity index (χ3n) is 2.72. The lowest BCUT2D eigenvalue weighted by atomic mass is 10.1. The van der Waals surface area contributed by atoms with E-state index in [1.54, 1.807) is 18.2 Å². The van der Waals surface area contributed by atoms with Gasteiger partial charge >= 0.3 is 0 Å². The molecule has 0 saturated heterocycles. The van der Waals surface area contributed by atoms with Crippen molar-refractivity contribution in [1.82, 2.24) is 5.32 Å². The fourth-order valence-corrected chi connectivity index (χ4v) is 1.93. The first-order valence-electron chi connectivity index (χ1n) is 6.13. The molecule has 2 aromatic rings. The molecule has 1 amide bonds. The van der Waals surface area contributed by atoms with Crippen LogP contribution < -0.4 is 10.6 Å². The number of nitrogens with zero attached hydrogens (tertiary/aromatic N) is 1. The van der Waals surface area contributed by atoms with Crippen LogP contribution in [0.4, 0.5) is 11.4 Å². The predicted molar refractivity (Wildman–Crippen MR) is 84.9 cm³/mol. The lowest BCUT2D eigenvalue weighted by Crippen LogP contribution is -2.34. The number of amides is 1. The molecule has 0 bridgehead atoms. The first-order chi connectivity index (χ1) is 10.5. The van der Waals surface area contributed by atoms with Crippen LogP contribution in [0.15, 0.2) is 48.5 Å². The third-order valence-corrected chi connectivity index (χ3v) is 2.93. The molecule has 0 aliphatic rings. The van der Waals surface area contributed by atoms with Gasteiger partial charge in [-0.05, 0) is 30.4 Å². The molecule has 2 aromatic carbocycles. The minimum atomic E-state index is -0.708. The number of para-hydroxylation sites is 3. The van der Waals surface area contributed by atoms with Crippen LogP contribution in [0.25, 0.3) is 0 Å². The highest BCUT2D eigenvalue weighted by Crippen LogP contribution is 2.21. The molecule has 0 saturated carbocycles. The number of benzene rings is 2. The van der Waals surface area contributed by atoms with E-state index in [0.29, 0.717) is 5.69 Å². The summed E-state index contributed by atoms with van der Waals surface area (Å²) in [5, 5.41) is 25.4. The summed E-state index contributed by atoms with van der Waals surface area (Å²) in [6.07, 6.45) is 0. The maximum atomic E-state index is 12.0. The van der Waals surface area contributed by atoms with Crippen LogP contribution in [0.3, 0.4) is 0 Å². The highest BCUT2D eigenvalue weighted by atomic mass is 32.1. The number of thiocarbonyl (C=S) groups is 1. The van der Waals surface area contributed by atoms with E-state index in [9.17, 15) is 20.0 Å². The molecule has 22 heavy (non-hydrogen) atoms. The molecule has 112 valence electrons. The molecular weight excluding hydrogens is 306 g/mol. The van der Waals surface area contributed by atoms with Crippen molar-refractivity contribution >= 4 is 34.6 Å². The number of carbonyl (C=O) groups is 1. The molecular formula is C14H11N3O4S. The number of aromatic hydroxyl groups is 1. The number of rotatable bonds is 3. The Morgan fingerprint density at radius 2 is 1.77 bits per heavy atom. The Morgan fingerprint density at radius 3 is 2.45 bits per heavy atom. The van der Waals surface area contributed by atoms with E-state index in [4.69, 9.17) is 12.2 Å². The number of nitro groups is 1. The van der Waals surface area contributed by atoms with E-state index in [-0.39, 0.29) is 22.1 Å². The molecule has 0 atom stereocenters. The van der Waals surface area contributed by atoms with E-state index in [1.165, 1.54) is 30.3 Å². The summed E-state index contributed by atoms with van der Waals surface area (Å²) < 4.78 is 0. The van der Waals surface area contributed by atoms with Crippen molar-refractivity contribution in [3.63, 3.8) is 0 Å². The van der Waals surface area contributed by atoms with Gasteiger partial charge in [-0.3, -0.25) is 20.2 Å². The second-order valence-electron chi connectivity index (χ2n) is 4.20. The van der Waals surface area contributed by atoms with Crippen molar-refractivity contribution in [3.05, 3.63) is 64.2 Å². The van der Waals surface area contributed by atoms with Gasteiger partial charge in [0.05, 0.1) is 10.6 Å². The SMILES string of the molecule is O=C(NC(=S)Nc1ccccc1O)c1ccccc1[N+](=O)[O-]. The number of phenolic OH excluding ortho intramolecular Hbond substituents is 1. The van der Waals surface area contributed by atoms with Gasteiger partial charge in [0.25, 0.3) is 11.6 Å². The zero-order valence-electron chi connectivity index (χ0n) is 11.1. The molecule has 8 heteroatoms. The number of phenols is 1. The highest BCUT2D eigenvalue weighted by Gasteiger charge is 2.19. The van der Waals surface area contributed by atoms with Crippen molar-refractivity contribution in [2.75, 3.05) is 5.32 Å². The Balaban J connectivity index is 2.11. The van der Waals surface area contributed by atoms with Crippen molar-refractivity contribution < 1.29 is 14.8 Å². The average Bonchev–Trinajstić information content (AvgIpc) is 2.49. The molecule has 0 spiro atoms. The number of anilines is 1. The summed E-state index contributed by atoms with van der Waals surface area (Å²) in [4.78, 5) is 22.3. The first kappa shape index (κ1) is 15.4. The topological polar surface area (TPSA) is 104 Å². The Kier molecular flexibility index (Phi) is 4.64. The molecule has 0 heterocycles. The summed E-state index contributed by atoms with van der Waals surface area (Å²) >= 11 is 4.96. The van der Waals surface area contributed by atoms with E-state index in [1.807, 2.05) is 0 Å². The van der Waals surface area contributed by atoms with E-state index < -0.39 is 10.8 Å². The smallest absolute Gasteiger partial charge is 0.282 e. The second kappa shape index (κ2) is 6.64. The van der Waals surface area contributed by atoms with Crippen LogP contribution in [0.1, 0.15) is 10.4 Å². The van der Waals surface area contributed by atoms with Crippen LogP contribution >= 0.6 is 12.2 Å². The number of carbonyl (C=O) groups excluding carboxylic acids is 1. The van der Waals surface area contributed by atoms with Gasteiger partial charge in [-0.2, -0.15) is 0 Å². The van der Waals surface area contributed by atoms with E-state index in [0.717, 1.165) is 0 Å².